The van der Waals surface area contributed by atoms with Crippen molar-refractivity contribution in [2.24, 2.45) is 107 Å². The lowest BCUT2D eigenvalue weighted by molar-refractivity contribution is -0.166. The van der Waals surface area contributed by atoms with E-state index in [4.69, 9.17) is 14.2 Å². The number of rotatable bonds is 5. The molecule has 20 unspecified atom stereocenters. The summed E-state index contributed by atoms with van der Waals surface area (Å²) in [6.07, 6.45) is 6.66. The summed E-state index contributed by atoms with van der Waals surface area (Å²) in [5.41, 5.74) is 0. The summed E-state index contributed by atoms with van der Waals surface area (Å²) in [6.45, 7) is 11.9. The Hall–Kier alpha value is -1.63. The third-order valence-corrected chi connectivity index (χ3v) is 15.9. The van der Waals surface area contributed by atoms with Crippen molar-refractivity contribution >= 4 is 17.9 Å². The zero-order valence-corrected chi connectivity index (χ0v) is 27.3. The van der Waals surface area contributed by atoms with Crippen LogP contribution >= 0.6 is 0 Å². The molecule has 0 radical (unpaired) electrons. The van der Waals surface area contributed by atoms with Crippen molar-refractivity contribution in [2.75, 3.05) is 13.2 Å². The minimum Gasteiger partial charge on any atom is -0.463 e. The van der Waals surface area contributed by atoms with Gasteiger partial charge in [0.15, 0.2) is 0 Å². The largest absolute Gasteiger partial charge is 0.463 e. The summed E-state index contributed by atoms with van der Waals surface area (Å²) in [7, 11) is 0. The van der Waals surface area contributed by atoms with Crippen LogP contribution in [0, 0.1) is 107 Å². The topological polar surface area (TPSA) is 99.1 Å². The molecule has 48 heavy (non-hydrogen) atoms. The molecule has 1 heterocycles. The molecule has 0 aromatic carbocycles. The van der Waals surface area contributed by atoms with Crippen LogP contribution in [0.1, 0.15) is 109 Å². The van der Waals surface area contributed by atoms with Crippen LogP contribution in [0.15, 0.2) is 0 Å². The summed E-state index contributed by atoms with van der Waals surface area (Å²) < 4.78 is 15.8. The summed E-state index contributed by atoms with van der Waals surface area (Å²) in [5.74, 6) is 12.5. The van der Waals surface area contributed by atoms with E-state index in [1.807, 2.05) is 0 Å². The molecule has 7 nitrogen and oxygen atoms in total. The second-order valence-corrected chi connectivity index (χ2v) is 17.2. The van der Waals surface area contributed by atoms with Gasteiger partial charge in [0.1, 0.15) is 6.61 Å². The van der Waals surface area contributed by atoms with Crippen molar-refractivity contribution in [3.8, 4) is 0 Å². The van der Waals surface area contributed by atoms with Gasteiger partial charge in [-0.3, -0.25) is 9.59 Å². The van der Waals surface area contributed by atoms with Crippen LogP contribution in [0.2, 0.25) is 0 Å². The predicted octanol–water partition coefficient (Wildman–Crippen LogP) is 7.92. The minimum absolute atomic E-state index is 0. The first kappa shape index (κ1) is 39.2. The number of aliphatic hydroxyl groups is 1. The fraction of sp³-hybridized carbons (Fsp3) is 0.927. The second kappa shape index (κ2) is 14.2. The molecular weight excluding hydrogens is 604 g/mol. The lowest BCUT2D eigenvalue weighted by Gasteiger charge is -2.43. The van der Waals surface area contributed by atoms with Gasteiger partial charge >= 0.3 is 17.9 Å². The average molecular weight is 675 g/mol. The predicted molar refractivity (Wildman–Crippen MR) is 188 cm³/mol. The van der Waals surface area contributed by atoms with Gasteiger partial charge in [0.2, 0.25) is 6.10 Å². The molecule has 0 spiro atoms. The number of cyclic esters (lactones) is 1. The van der Waals surface area contributed by atoms with Gasteiger partial charge < -0.3 is 19.3 Å². The number of ether oxygens (including phenoxy) is 3. The molecule has 8 aliphatic carbocycles. The SMILES string of the molecule is C.C.C.C.CC(O)COC(=O)C1CC2CC1C1C3CC(C(C)C3C)C21.CC1C(C)C2CC1C1C3CC(C(=O)OC4CCOC4=O)C(C3)C21. The van der Waals surface area contributed by atoms with Gasteiger partial charge in [-0.2, -0.15) is 0 Å². The standard InChI is InChI=1S/C19H26O4.C18H28O3.4CH4/c1-8-9(2)12-7-11(8)16-10-5-13(17(12)16)14(6-10)18(20)23-15-3-4-22-19(15)21;1-8(19)7-21-18(20)15-5-11-4-14(15)17-13-6-12(16(11)17)9(2)10(13)3;;;;/h8-17H,3-7H2,1-2H3;8-17,19H,4-7H2,1-3H3;4*1H4. The summed E-state index contributed by atoms with van der Waals surface area (Å²) >= 11 is 0. The highest BCUT2D eigenvalue weighted by molar-refractivity contribution is 5.82. The van der Waals surface area contributed by atoms with Gasteiger partial charge in [0.25, 0.3) is 0 Å². The van der Waals surface area contributed by atoms with Gasteiger partial charge in [-0.25, -0.2) is 4.79 Å². The lowest BCUT2D eigenvalue weighted by Crippen LogP contribution is -2.41. The Balaban J connectivity index is 0.000000201. The molecule has 1 aliphatic heterocycles. The Morgan fingerprint density at radius 2 is 1.12 bits per heavy atom. The number of carbonyl (C=O) groups is 3. The number of aliphatic hydroxyl groups excluding tert-OH is 1. The molecule has 1 saturated heterocycles. The first-order chi connectivity index (χ1) is 21.0. The monoisotopic (exact) mass is 675 g/mol. The third-order valence-electron chi connectivity index (χ3n) is 15.9. The smallest absolute Gasteiger partial charge is 0.347 e. The highest BCUT2D eigenvalue weighted by atomic mass is 16.6. The molecule has 9 rings (SSSR count). The molecule has 8 bridgehead atoms. The van der Waals surface area contributed by atoms with E-state index in [1.54, 1.807) is 6.92 Å². The molecule has 20 atom stereocenters. The Labute approximate surface area is 292 Å². The van der Waals surface area contributed by atoms with Crippen molar-refractivity contribution in [3.05, 3.63) is 0 Å². The maximum Gasteiger partial charge on any atom is 0.347 e. The lowest BCUT2D eigenvalue weighted by atomic mass is 9.62. The molecule has 9 fully saturated rings. The Kier molecular flexibility index (Phi) is 11.6. The summed E-state index contributed by atoms with van der Waals surface area (Å²) in [6, 6.07) is 0. The van der Waals surface area contributed by atoms with E-state index in [0.717, 1.165) is 95.7 Å². The summed E-state index contributed by atoms with van der Waals surface area (Å²) in [5, 5.41) is 9.30. The fourth-order valence-corrected chi connectivity index (χ4v) is 14.1. The highest BCUT2D eigenvalue weighted by Gasteiger charge is 2.68. The van der Waals surface area contributed by atoms with Crippen LogP contribution in [0.5, 0.6) is 0 Å². The van der Waals surface area contributed by atoms with Gasteiger partial charge in [0, 0.05) is 6.42 Å². The average Bonchev–Trinajstić information content (AvgIpc) is 3.84. The first-order valence-corrected chi connectivity index (χ1v) is 18.3. The van der Waals surface area contributed by atoms with Gasteiger partial charge in [-0.1, -0.05) is 57.4 Å². The minimum atomic E-state index is -0.642. The van der Waals surface area contributed by atoms with E-state index in [-0.39, 0.29) is 66.1 Å². The van der Waals surface area contributed by atoms with Gasteiger partial charge in [-0.15, -0.1) is 0 Å². The highest BCUT2D eigenvalue weighted by Crippen LogP contribution is 2.72. The van der Waals surface area contributed by atoms with Crippen LogP contribution in [0.25, 0.3) is 0 Å². The zero-order valence-electron chi connectivity index (χ0n) is 27.3. The van der Waals surface area contributed by atoms with Gasteiger partial charge in [0.05, 0.1) is 24.5 Å². The molecular formula is C41H70O7. The number of hydrogen-bond donors (Lipinski definition) is 1. The molecule has 0 amide bonds. The Bertz CT molecular complexity index is 1180. The fourth-order valence-electron chi connectivity index (χ4n) is 14.1. The Morgan fingerprint density at radius 3 is 1.54 bits per heavy atom. The number of hydrogen-bond acceptors (Lipinski definition) is 7. The number of carbonyl (C=O) groups excluding carboxylic acids is 3. The molecule has 7 heteroatoms. The maximum absolute atomic E-state index is 12.6. The van der Waals surface area contributed by atoms with Crippen molar-refractivity contribution in [1.82, 2.24) is 0 Å². The first-order valence-electron chi connectivity index (χ1n) is 18.3. The molecule has 0 aromatic rings. The molecule has 1 N–H and O–H groups in total. The van der Waals surface area contributed by atoms with E-state index < -0.39 is 12.2 Å². The van der Waals surface area contributed by atoms with Crippen molar-refractivity contribution in [2.45, 2.75) is 121 Å². The van der Waals surface area contributed by atoms with Crippen molar-refractivity contribution in [1.29, 1.82) is 0 Å². The van der Waals surface area contributed by atoms with Crippen LogP contribution in [-0.4, -0.2) is 48.4 Å². The molecule has 0 aromatic heterocycles. The van der Waals surface area contributed by atoms with E-state index in [9.17, 15) is 19.5 Å². The van der Waals surface area contributed by atoms with Crippen LogP contribution in [0.3, 0.4) is 0 Å². The summed E-state index contributed by atoms with van der Waals surface area (Å²) in [4.78, 5) is 36.5. The van der Waals surface area contributed by atoms with E-state index in [2.05, 4.69) is 27.7 Å². The molecule has 9 aliphatic rings. The van der Waals surface area contributed by atoms with Crippen LogP contribution < -0.4 is 0 Å². The third kappa shape index (κ3) is 5.67. The Morgan fingerprint density at radius 1 is 0.688 bits per heavy atom. The number of esters is 3. The maximum atomic E-state index is 12.6. The number of fused-ring (bicyclic) bond motifs is 18. The van der Waals surface area contributed by atoms with Crippen LogP contribution in [0.4, 0.5) is 0 Å². The quantitative estimate of drug-likeness (QED) is 0.180. The zero-order chi connectivity index (χ0) is 30.8. The normalized spacial score (nSPS) is 50.8. The van der Waals surface area contributed by atoms with Crippen LogP contribution in [-0.2, 0) is 28.6 Å². The van der Waals surface area contributed by atoms with E-state index in [1.165, 1.54) is 25.7 Å². The van der Waals surface area contributed by atoms with E-state index in [0.29, 0.717) is 24.9 Å². The molecule has 8 saturated carbocycles. The second-order valence-electron chi connectivity index (χ2n) is 17.2. The van der Waals surface area contributed by atoms with Crippen molar-refractivity contribution in [3.63, 3.8) is 0 Å². The van der Waals surface area contributed by atoms with Crippen molar-refractivity contribution < 1.29 is 33.7 Å². The molecule has 276 valence electrons. The van der Waals surface area contributed by atoms with Gasteiger partial charge in [-0.05, 0) is 140 Å². The van der Waals surface area contributed by atoms with E-state index >= 15 is 0 Å².